The van der Waals surface area contributed by atoms with Crippen LogP contribution < -0.4 is 10.3 Å². The summed E-state index contributed by atoms with van der Waals surface area (Å²) in [5.74, 6) is -2.07. The Kier molecular flexibility index (Phi) is 10.6. The van der Waals surface area contributed by atoms with Gasteiger partial charge in [-0.15, -0.1) is 0 Å². The Hall–Kier alpha value is -3.86. The molecular formula is C30H39N3O7S. The molecule has 1 unspecified atom stereocenters. The van der Waals surface area contributed by atoms with E-state index in [0.29, 0.717) is 25.8 Å². The number of fused-ring (bicyclic) bond motifs is 1. The van der Waals surface area contributed by atoms with Crippen molar-refractivity contribution in [2.45, 2.75) is 64.1 Å². The maximum absolute atomic E-state index is 14.4. The van der Waals surface area contributed by atoms with E-state index in [2.05, 4.69) is 5.32 Å². The largest absolute Gasteiger partial charge is 0.478 e. The smallest absolute Gasteiger partial charge is 0.408 e. The lowest BCUT2D eigenvalue weighted by Crippen LogP contribution is -2.58. The number of amides is 2. The topological polar surface area (TPSA) is 133 Å². The minimum absolute atomic E-state index is 0.184. The monoisotopic (exact) mass is 585 g/mol. The Morgan fingerprint density at radius 1 is 1.07 bits per heavy atom. The van der Waals surface area contributed by atoms with Crippen LogP contribution in [0.25, 0.3) is 0 Å². The molecule has 0 saturated carbocycles. The van der Waals surface area contributed by atoms with Gasteiger partial charge in [-0.1, -0.05) is 54.6 Å². The van der Waals surface area contributed by atoms with Crippen LogP contribution in [0.15, 0.2) is 66.7 Å². The summed E-state index contributed by atoms with van der Waals surface area (Å²) in [7, 11) is -3.47. The first kappa shape index (κ1) is 31.7. The molecule has 2 aromatic carbocycles. The van der Waals surface area contributed by atoms with Crippen molar-refractivity contribution in [3.8, 4) is 0 Å². The van der Waals surface area contributed by atoms with Crippen molar-refractivity contribution in [3.05, 3.63) is 77.9 Å². The maximum Gasteiger partial charge on any atom is 0.408 e. The minimum Gasteiger partial charge on any atom is -0.478 e. The summed E-state index contributed by atoms with van der Waals surface area (Å²) in [5.41, 5.74) is 1.97. The van der Waals surface area contributed by atoms with E-state index in [1.54, 1.807) is 25.8 Å². The summed E-state index contributed by atoms with van der Waals surface area (Å²) >= 11 is 0. The van der Waals surface area contributed by atoms with Gasteiger partial charge in [0.2, 0.25) is 0 Å². The predicted octanol–water partition coefficient (Wildman–Crippen LogP) is 3.76. The van der Waals surface area contributed by atoms with Gasteiger partial charge in [-0.2, -0.15) is 0 Å². The van der Waals surface area contributed by atoms with Crippen molar-refractivity contribution >= 4 is 33.5 Å². The van der Waals surface area contributed by atoms with E-state index in [4.69, 9.17) is 4.74 Å². The van der Waals surface area contributed by atoms with E-state index in [9.17, 15) is 27.9 Å². The van der Waals surface area contributed by atoms with E-state index in [-0.39, 0.29) is 12.2 Å². The summed E-state index contributed by atoms with van der Waals surface area (Å²) in [5, 5.41) is 15.3. The number of hydrogen-bond acceptors (Lipinski definition) is 7. The zero-order chi connectivity index (χ0) is 30.2. The van der Waals surface area contributed by atoms with Gasteiger partial charge in [0.15, 0.2) is 0 Å². The van der Waals surface area contributed by atoms with Gasteiger partial charge in [0.25, 0.3) is 5.91 Å². The van der Waals surface area contributed by atoms with Crippen LogP contribution >= 0.6 is 0 Å². The number of alkyl carbamates (subject to hydrolysis) is 1. The van der Waals surface area contributed by atoms with Gasteiger partial charge in [-0.05, 0) is 63.6 Å². The molecule has 3 rings (SSSR count). The Morgan fingerprint density at radius 2 is 1.73 bits per heavy atom. The van der Waals surface area contributed by atoms with Gasteiger partial charge in [0.1, 0.15) is 21.5 Å². The van der Waals surface area contributed by atoms with Crippen molar-refractivity contribution in [3.63, 3.8) is 0 Å². The normalized spacial score (nSPS) is 14.8. The number of anilines is 1. The number of hydrazine groups is 1. The molecule has 222 valence electrons. The van der Waals surface area contributed by atoms with Gasteiger partial charge in [0.05, 0.1) is 17.5 Å². The van der Waals surface area contributed by atoms with Crippen LogP contribution in [0.1, 0.15) is 44.7 Å². The Labute approximate surface area is 241 Å². The number of rotatable bonds is 12. The second kappa shape index (κ2) is 13.7. The third-order valence-electron chi connectivity index (χ3n) is 6.46. The van der Waals surface area contributed by atoms with Crippen LogP contribution in [0.4, 0.5) is 10.5 Å². The van der Waals surface area contributed by atoms with Crippen molar-refractivity contribution in [1.29, 1.82) is 0 Å². The standard InChI is InChI=1S/C30H39N3O7S/c1-30(2,3)40-29(37)31-25(19-21-41(4,38)39)28(36)33(32-20-18-23-12-8-9-13-26(23)32)24(16-17-27(34)35)15-14-22-10-6-5-7-11-22/h5-13,16-17,24-25H,14-15,18-21H2,1-4H3,(H,31,37)(H,34,35)/t24?,25-/m0/s1. The second-order valence-electron chi connectivity index (χ2n) is 11.1. The van der Waals surface area contributed by atoms with Crippen molar-refractivity contribution in [2.75, 3.05) is 23.6 Å². The minimum atomic E-state index is -3.47. The fraction of sp³-hybridized carbons (Fsp3) is 0.433. The first-order valence-corrected chi connectivity index (χ1v) is 15.6. The molecule has 11 heteroatoms. The molecule has 1 aliphatic heterocycles. The quantitative estimate of drug-likeness (QED) is 0.360. The lowest BCUT2D eigenvalue weighted by atomic mass is 10.0. The zero-order valence-corrected chi connectivity index (χ0v) is 24.8. The molecule has 0 bridgehead atoms. The molecule has 1 heterocycles. The van der Waals surface area contributed by atoms with Gasteiger partial charge in [0, 0.05) is 18.9 Å². The number of carboxylic acids is 1. The van der Waals surface area contributed by atoms with Crippen LogP contribution in [0, 0.1) is 0 Å². The van der Waals surface area contributed by atoms with Crippen LogP contribution in [-0.2, 0) is 37.0 Å². The number of carbonyl (C=O) groups is 3. The predicted molar refractivity (Wildman–Crippen MR) is 157 cm³/mol. The van der Waals surface area contributed by atoms with Gasteiger partial charge in [-0.25, -0.2) is 23.0 Å². The number of ether oxygens (including phenoxy) is 1. The van der Waals surface area contributed by atoms with Gasteiger partial charge >= 0.3 is 12.1 Å². The summed E-state index contributed by atoms with van der Waals surface area (Å²) in [6.07, 6.45) is 4.07. The molecule has 0 saturated heterocycles. The van der Waals surface area contributed by atoms with E-state index >= 15 is 0 Å². The molecule has 0 radical (unpaired) electrons. The molecule has 2 aromatic rings. The van der Waals surface area contributed by atoms with Gasteiger partial charge in [-0.3, -0.25) is 9.80 Å². The fourth-order valence-corrected chi connectivity index (χ4v) is 5.32. The molecule has 1 aliphatic rings. The number of aryl methyl sites for hydroxylation is 1. The number of carboxylic acid groups (broad SMARTS) is 1. The van der Waals surface area contributed by atoms with Crippen molar-refractivity contribution < 1.29 is 32.6 Å². The Balaban J connectivity index is 2.05. The lowest BCUT2D eigenvalue weighted by Gasteiger charge is -2.41. The summed E-state index contributed by atoms with van der Waals surface area (Å²) in [4.78, 5) is 38.7. The Bertz CT molecular complexity index is 1350. The molecule has 0 spiro atoms. The molecule has 10 nitrogen and oxygen atoms in total. The number of nitrogens with one attached hydrogen (secondary N) is 1. The summed E-state index contributed by atoms with van der Waals surface area (Å²) in [6.45, 7) is 5.50. The molecular weight excluding hydrogens is 546 g/mol. The highest BCUT2D eigenvalue weighted by Crippen LogP contribution is 2.31. The fourth-order valence-electron chi connectivity index (χ4n) is 4.66. The number of benzene rings is 2. The molecule has 41 heavy (non-hydrogen) atoms. The average Bonchev–Trinajstić information content (AvgIpc) is 3.30. The van der Waals surface area contributed by atoms with Crippen molar-refractivity contribution in [1.82, 2.24) is 10.3 Å². The SMILES string of the molecule is CC(C)(C)OC(=O)N[C@@H](CCS(C)(=O)=O)C(=O)N(C(C=CC(=O)O)CCc1ccccc1)N1CCc2ccccc21. The van der Waals surface area contributed by atoms with Crippen LogP contribution in [0.5, 0.6) is 0 Å². The van der Waals surface area contributed by atoms with E-state index in [1.807, 2.05) is 54.6 Å². The highest BCUT2D eigenvalue weighted by Gasteiger charge is 2.37. The highest BCUT2D eigenvalue weighted by molar-refractivity contribution is 7.90. The molecule has 0 aromatic heterocycles. The van der Waals surface area contributed by atoms with Crippen molar-refractivity contribution in [2.24, 2.45) is 0 Å². The Morgan fingerprint density at radius 3 is 2.37 bits per heavy atom. The number of para-hydroxylation sites is 1. The lowest BCUT2D eigenvalue weighted by molar-refractivity contribution is -0.136. The van der Waals surface area contributed by atoms with E-state index < -0.39 is 45.5 Å². The zero-order valence-electron chi connectivity index (χ0n) is 23.9. The van der Waals surface area contributed by atoms with E-state index in [1.165, 1.54) is 11.1 Å². The molecule has 0 fully saturated rings. The third-order valence-corrected chi connectivity index (χ3v) is 7.44. The first-order valence-electron chi connectivity index (χ1n) is 13.5. The van der Waals surface area contributed by atoms with Crippen LogP contribution in [-0.4, -0.2) is 72.7 Å². The number of carbonyl (C=O) groups excluding carboxylic acids is 2. The molecule has 2 atom stereocenters. The summed E-state index contributed by atoms with van der Waals surface area (Å²) in [6, 6.07) is 15.3. The molecule has 0 aliphatic carbocycles. The number of sulfone groups is 1. The second-order valence-corrected chi connectivity index (χ2v) is 13.4. The van der Waals surface area contributed by atoms with Crippen LogP contribution in [0.3, 0.4) is 0 Å². The first-order chi connectivity index (χ1) is 19.2. The molecule has 2 N–H and O–H groups in total. The van der Waals surface area contributed by atoms with E-state index in [0.717, 1.165) is 29.1 Å². The number of aliphatic carboxylic acids is 1. The highest BCUT2D eigenvalue weighted by atomic mass is 32.2. The number of nitrogens with zero attached hydrogens (tertiary/aromatic N) is 2. The third kappa shape index (κ3) is 9.93. The number of hydrogen-bond donors (Lipinski definition) is 2. The van der Waals surface area contributed by atoms with Gasteiger partial charge < -0.3 is 15.2 Å². The molecule has 2 amide bonds. The van der Waals surface area contributed by atoms with Crippen LogP contribution in [0.2, 0.25) is 0 Å². The summed E-state index contributed by atoms with van der Waals surface area (Å²) < 4.78 is 29.5. The maximum atomic E-state index is 14.4. The average molecular weight is 586 g/mol.